The largest absolute Gasteiger partial charge is 0.381 e. The van der Waals surface area contributed by atoms with Gasteiger partial charge in [0.15, 0.2) is 0 Å². The summed E-state index contributed by atoms with van der Waals surface area (Å²) in [4.78, 5) is 0. The minimum atomic E-state index is -0.863. The second-order valence-electron chi connectivity index (χ2n) is 7.49. The lowest BCUT2D eigenvalue weighted by atomic mass is 9.90. The maximum atomic E-state index is 6.10. The molecule has 0 aromatic heterocycles. The summed E-state index contributed by atoms with van der Waals surface area (Å²) >= 11 is 0. The first-order chi connectivity index (χ1) is 12.7. The van der Waals surface area contributed by atoms with Gasteiger partial charge in [-0.2, -0.15) is 0 Å². The average Bonchev–Trinajstić information content (AvgIpc) is 2.58. The van der Waals surface area contributed by atoms with Crippen LogP contribution in [0.1, 0.15) is 91.9 Å². The molecule has 1 heterocycles. The monoisotopic (exact) mass is 372 g/mol. The normalized spacial score (nSPS) is 16.6. The van der Waals surface area contributed by atoms with E-state index in [4.69, 9.17) is 18.9 Å². The van der Waals surface area contributed by atoms with E-state index in [0.29, 0.717) is 25.7 Å². The molecule has 1 rings (SSSR count). The summed E-state index contributed by atoms with van der Waals surface area (Å²) in [6, 6.07) is 0. The second kappa shape index (κ2) is 14.8. The molecule has 0 radical (unpaired) electrons. The van der Waals surface area contributed by atoms with Crippen LogP contribution in [0.3, 0.4) is 0 Å². The van der Waals surface area contributed by atoms with Crippen LogP contribution in [0.15, 0.2) is 0 Å². The van der Waals surface area contributed by atoms with Crippen LogP contribution in [0.4, 0.5) is 0 Å². The van der Waals surface area contributed by atoms with Gasteiger partial charge in [0.05, 0.1) is 13.2 Å². The summed E-state index contributed by atoms with van der Waals surface area (Å²) in [6.45, 7) is 12.1. The first-order valence-corrected chi connectivity index (χ1v) is 11.2. The van der Waals surface area contributed by atoms with Crippen LogP contribution < -0.4 is 0 Å². The molecule has 26 heavy (non-hydrogen) atoms. The Hall–Kier alpha value is -0.160. The molecule has 0 spiro atoms. The van der Waals surface area contributed by atoms with Crippen molar-refractivity contribution in [1.82, 2.24) is 0 Å². The Labute approximate surface area is 162 Å². The van der Waals surface area contributed by atoms with E-state index in [-0.39, 0.29) is 0 Å². The molecule has 1 fully saturated rings. The maximum Gasteiger partial charge on any atom is 0.285 e. The van der Waals surface area contributed by atoms with Crippen LogP contribution >= 0.6 is 0 Å². The van der Waals surface area contributed by atoms with Crippen molar-refractivity contribution < 1.29 is 18.9 Å². The zero-order chi connectivity index (χ0) is 19.1. The quantitative estimate of drug-likeness (QED) is 0.221. The van der Waals surface area contributed by atoms with E-state index in [0.717, 1.165) is 32.0 Å². The standard InChI is InChI=1S/C22H44O4/c1-5-9-10-11-12-13-16-21(17-14-15-20-18-23-19-20)22(24-6-2,25-7-3)26-8-4/h20-21H,5-19H2,1-4H3. The van der Waals surface area contributed by atoms with Gasteiger partial charge < -0.3 is 18.9 Å². The molecule has 0 aliphatic carbocycles. The lowest BCUT2D eigenvalue weighted by Gasteiger charge is -2.39. The van der Waals surface area contributed by atoms with Gasteiger partial charge in [-0.25, -0.2) is 0 Å². The average molecular weight is 373 g/mol. The van der Waals surface area contributed by atoms with Gasteiger partial charge in [0.25, 0.3) is 5.97 Å². The molecule has 4 heteroatoms. The van der Waals surface area contributed by atoms with E-state index in [1.807, 2.05) is 20.8 Å². The predicted octanol–water partition coefficient (Wildman–Crippen LogP) is 5.93. The summed E-state index contributed by atoms with van der Waals surface area (Å²) in [7, 11) is 0. The molecule has 156 valence electrons. The molecule has 1 unspecified atom stereocenters. The van der Waals surface area contributed by atoms with Crippen LogP contribution in [0, 0.1) is 11.8 Å². The summed E-state index contributed by atoms with van der Waals surface area (Å²) in [5.41, 5.74) is 0. The Kier molecular flexibility index (Phi) is 13.6. The summed E-state index contributed by atoms with van der Waals surface area (Å²) in [5, 5.41) is 0. The van der Waals surface area contributed by atoms with E-state index in [9.17, 15) is 0 Å². The Bertz CT molecular complexity index is 300. The first kappa shape index (κ1) is 23.9. The number of hydrogen-bond acceptors (Lipinski definition) is 4. The van der Waals surface area contributed by atoms with Crippen LogP contribution in [-0.4, -0.2) is 39.0 Å². The van der Waals surface area contributed by atoms with E-state index in [1.54, 1.807) is 0 Å². The Morgan fingerprint density at radius 3 is 1.81 bits per heavy atom. The molecular formula is C22H44O4. The summed E-state index contributed by atoms with van der Waals surface area (Å²) in [6.07, 6.45) is 12.5. The van der Waals surface area contributed by atoms with Crippen molar-refractivity contribution in [3.8, 4) is 0 Å². The van der Waals surface area contributed by atoms with E-state index < -0.39 is 5.97 Å². The number of ether oxygens (including phenoxy) is 4. The number of hydrogen-bond donors (Lipinski definition) is 0. The molecule has 0 saturated carbocycles. The minimum Gasteiger partial charge on any atom is -0.381 e. The fourth-order valence-electron chi connectivity index (χ4n) is 3.86. The minimum absolute atomic E-state index is 0.300. The first-order valence-electron chi connectivity index (χ1n) is 11.2. The molecule has 0 amide bonds. The fourth-order valence-corrected chi connectivity index (χ4v) is 3.86. The Balaban J connectivity index is 2.59. The van der Waals surface area contributed by atoms with E-state index in [1.165, 1.54) is 51.4 Å². The Morgan fingerprint density at radius 2 is 1.31 bits per heavy atom. The summed E-state index contributed by atoms with van der Waals surface area (Å²) in [5.74, 6) is 0.192. The molecule has 0 N–H and O–H groups in total. The van der Waals surface area contributed by atoms with Gasteiger partial charge in [-0.1, -0.05) is 51.9 Å². The van der Waals surface area contributed by atoms with E-state index in [2.05, 4.69) is 6.92 Å². The van der Waals surface area contributed by atoms with Crippen molar-refractivity contribution in [3.05, 3.63) is 0 Å². The van der Waals surface area contributed by atoms with Gasteiger partial charge in [0.2, 0.25) is 0 Å². The van der Waals surface area contributed by atoms with Crippen molar-refractivity contribution in [2.24, 2.45) is 11.8 Å². The van der Waals surface area contributed by atoms with Gasteiger partial charge in [-0.05, 0) is 40.0 Å². The Morgan fingerprint density at radius 1 is 0.769 bits per heavy atom. The molecule has 0 aromatic rings. The van der Waals surface area contributed by atoms with Crippen LogP contribution in [0.25, 0.3) is 0 Å². The summed E-state index contributed by atoms with van der Waals surface area (Å²) < 4.78 is 23.6. The van der Waals surface area contributed by atoms with Crippen molar-refractivity contribution in [2.75, 3.05) is 33.0 Å². The van der Waals surface area contributed by atoms with Gasteiger partial charge in [0, 0.05) is 31.7 Å². The van der Waals surface area contributed by atoms with Gasteiger partial charge in [-0.3, -0.25) is 0 Å². The predicted molar refractivity (Wildman–Crippen MR) is 107 cm³/mol. The van der Waals surface area contributed by atoms with E-state index >= 15 is 0 Å². The van der Waals surface area contributed by atoms with Crippen LogP contribution in [-0.2, 0) is 18.9 Å². The van der Waals surface area contributed by atoms with Crippen molar-refractivity contribution >= 4 is 0 Å². The van der Waals surface area contributed by atoms with Crippen LogP contribution in [0.2, 0.25) is 0 Å². The third-order valence-corrected chi connectivity index (χ3v) is 5.31. The van der Waals surface area contributed by atoms with Gasteiger partial charge >= 0.3 is 0 Å². The molecule has 1 saturated heterocycles. The molecule has 1 atom stereocenters. The molecule has 0 aromatic carbocycles. The number of rotatable bonds is 18. The fraction of sp³-hybridized carbons (Fsp3) is 1.00. The molecule has 1 aliphatic heterocycles. The highest BCUT2D eigenvalue weighted by atomic mass is 16.9. The molecule has 4 nitrogen and oxygen atoms in total. The van der Waals surface area contributed by atoms with Crippen molar-refractivity contribution in [3.63, 3.8) is 0 Å². The highest BCUT2D eigenvalue weighted by molar-refractivity contribution is 4.74. The SMILES string of the molecule is CCCCCCCCC(CCCC1COC1)C(OCC)(OCC)OCC. The van der Waals surface area contributed by atoms with Gasteiger partial charge in [0.1, 0.15) is 0 Å². The van der Waals surface area contributed by atoms with Crippen molar-refractivity contribution in [1.29, 1.82) is 0 Å². The highest BCUT2D eigenvalue weighted by Crippen LogP contribution is 2.35. The number of unbranched alkanes of at least 4 members (excludes halogenated alkanes) is 5. The highest BCUT2D eigenvalue weighted by Gasteiger charge is 2.41. The lowest BCUT2D eigenvalue weighted by Crippen LogP contribution is -2.47. The third kappa shape index (κ3) is 8.69. The molecule has 0 bridgehead atoms. The van der Waals surface area contributed by atoms with Gasteiger partial charge in [-0.15, -0.1) is 0 Å². The third-order valence-electron chi connectivity index (χ3n) is 5.31. The molecular weight excluding hydrogens is 328 g/mol. The van der Waals surface area contributed by atoms with Crippen molar-refractivity contribution in [2.45, 2.75) is 97.9 Å². The zero-order valence-electron chi connectivity index (χ0n) is 17.9. The topological polar surface area (TPSA) is 36.9 Å². The second-order valence-corrected chi connectivity index (χ2v) is 7.49. The molecule has 1 aliphatic rings. The smallest absolute Gasteiger partial charge is 0.285 e. The van der Waals surface area contributed by atoms with Crippen LogP contribution in [0.5, 0.6) is 0 Å². The maximum absolute atomic E-state index is 6.10. The lowest BCUT2D eigenvalue weighted by molar-refractivity contribution is -0.403. The zero-order valence-corrected chi connectivity index (χ0v) is 17.9.